The predicted molar refractivity (Wildman–Crippen MR) is 137 cm³/mol. The molecule has 0 fully saturated rings. The molecule has 3 atom stereocenters. The highest BCUT2D eigenvalue weighted by Gasteiger charge is 2.33. The van der Waals surface area contributed by atoms with Crippen LogP contribution in [0.4, 0.5) is 4.79 Å². The topological polar surface area (TPSA) is 90.9 Å². The summed E-state index contributed by atoms with van der Waals surface area (Å²) >= 11 is 0. The van der Waals surface area contributed by atoms with Gasteiger partial charge in [0, 0.05) is 13.3 Å². The van der Waals surface area contributed by atoms with Crippen molar-refractivity contribution >= 4 is 18.0 Å². The van der Waals surface area contributed by atoms with Crippen molar-refractivity contribution in [1.82, 2.24) is 5.32 Å². The number of hydrogen-bond donors (Lipinski definition) is 1. The first-order valence-corrected chi connectivity index (χ1v) is 13.0. The van der Waals surface area contributed by atoms with Crippen LogP contribution in [0.5, 0.6) is 0 Å². The van der Waals surface area contributed by atoms with Crippen LogP contribution in [0.25, 0.3) is 0 Å². The minimum atomic E-state index is -0.894. The van der Waals surface area contributed by atoms with Gasteiger partial charge in [0.05, 0.1) is 7.11 Å². The molecular weight excluding hydrogens is 446 g/mol. The van der Waals surface area contributed by atoms with Gasteiger partial charge in [-0.2, -0.15) is 0 Å². The van der Waals surface area contributed by atoms with Gasteiger partial charge in [-0.05, 0) is 38.7 Å². The van der Waals surface area contributed by atoms with Crippen molar-refractivity contribution < 1.29 is 28.6 Å². The number of unbranched alkanes of at least 4 members (excludes halogenated alkanes) is 6. The molecular formula is C28H45NO6. The predicted octanol–water partition coefficient (Wildman–Crippen LogP) is 6.13. The molecule has 0 heterocycles. The number of hydrogen-bond acceptors (Lipinski definition) is 6. The molecule has 0 saturated heterocycles. The minimum absolute atomic E-state index is 0.341. The smallest absolute Gasteiger partial charge is 0.408 e. The van der Waals surface area contributed by atoms with E-state index in [4.69, 9.17) is 14.2 Å². The molecule has 1 N–H and O–H groups in total. The second kappa shape index (κ2) is 17.0. The third kappa shape index (κ3) is 13.8. The van der Waals surface area contributed by atoms with Crippen LogP contribution < -0.4 is 5.32 Å². The lowest BCUT2D eigenvalue weighted by molar-refractivity contribution is -0.148. The zero-order valence-electron chi connectivity index (χ0n) is 22.3. The highest BCUT2D eigenvalue weighted by atomic mass is 16.6. The molecule has 0 saturated carbocycles. The fourth-order valence-electron chi connectivity index (χ4n) is 4.27. The number of nitrogens with one attached hydrogen (secondary N) is 1. The van der Waals surface area contributed by atoms with Crippen molar-refractivity contribution in [1.29, 1.82) is 0 Å². The number of benzene rings is 1. The van der Waals surface area contributed by atoms with E-state index in [0.29, 0.717) is 25.7 Å². The SMILES string of the molecule is CCCCCCCCCC(NC(=O)OC(C)(CCc1ccccc1)C[C@H](C)OC(C)=O)C(=O)OC. The third-order valence-corrected chi connectivity index (χ3v) is 6.08. The Morgan fingerprint density at radius 1 is 1.00 bits per heavy atom. The monoisotopic (exact) mass is 491 g/mol. The number of amides is 1. The summed E-state index contributed by atoms with van der Waals surface area (Å²) in [6.45, 7) is 7.16. The molecule has 2 unspecified atom stereocenters. The molecule has 7 nitrogen and oxygen atoms in total. The zero-order valence-corrected chi connectivity index (χ0v) is 22.3. The number of alkyl carbamates (subject to hydrolysis) is 1. The van der Waals surface area contributed by atoms with Crippen LogP contribution >= 0.6 is 0 Å². The van der Waals surface area contributed by atoms with Gasteiger partial charge in [-0.25, -0.2) is 9.59 Å². The molecule has 0 bridgehead atoms. The van der Waals surface area contributed by atoms with E-state index >= 15 is 0 Å². The Morgan fingerprint density at radius 2 is 1.63 bits per heavy atom. The summed E-state index contributed by atoms with van der Waals surface area (Å²) in [6, 6.07) is 9.16. The van der Waals surface area contributed by atoms with Crippen molar-refractivity contribution in [2.75, 3.05) is 7.11 Å². The number of aryl methyl sites for hydroxylation is 1. The normalized spacial score (nSPS) is 14.3. The maximum absolute atomic E-state index is 12.9. The first-order valence-electron chi connectivity index (χ1n) is 13.0. The molecule has 1 amide bonds. The van der Waals surface area contributed by atoms with Gasteiger partial charge in [-0.3, -0.25) is 4.79 Å². The number of rotatable bonds is 17. The van der Waals surface area contributed by atoms with Crippen LogP contribution in [0.2, 0.25) is 0 Å². The molecule has 7 heteroatoms. The summed E-state index contributed by atoms with van der Waals surface area (Å²) in [7, 11) is 1.32. The highest BCUT2D eigenvalue weighted by molar-refractivity contribution is 5.81. The van der Waals surface area contributed by atoms with Crippen molar-refractivity contribution in [3.05, 3.63) is 35.9 Å². The summed E-state index contributed by atoms with van der Waals surface area (Å²) in [5, 5.41) is 2.70. The zero-order chi connectivity index (χ0) is 26.1. The molecule has 0 aliphatic carbocycles. The lowest BCUT2D eigenvalue weighted by atomic mass is 9.91. The van der Waals surface area contributed by atoms with Crippen LogP contribution in [0.1, 0.15) is 97.5 Å². The molecule has 1 aromatic carbocycles. The fraction of sp³-hybridized carbons (Fsp3) is 0.679. The van der Waals surface area contributed by atoms with E-state index in [0.717, 1.165) is 24.8 Å². The maximum atomic E-state index is 12.9. The van der Waals surface area contributed by atoms with Gasteiger partial charge in [-0.1, -0.05) is 82.2 Å². The van der Waals surface area contributed by atoms with Gasteiger partial charge in [0.15, 0.2) is 0 Å². The number of ether oxygens (including phenoxy) is 3. The molecule has 1 aromatic rings. The van der Waals surface area contributed by atoms with Crippen LogP contribution in [-0.4, -0.2) is 42.9 Å². The van der Waals surface area contributed by atoms with E-state index < -0.39 is 29.8 Å². The van der Waals surface area contributed by atoms with Gasteiger partial charge in [-0.15, -0.1) is 0 Å². The lowest BCUT2D eigenvalue weighted by Gasteiger charge is -2.32. The quantitative estimate of drug-likeness (QED) is 0.160. The standard InChI is InChI=1S/C28H45NO6/c1-6-7-8-9-10-11-15-18-25(26(31)33-5)29-27(32)35-28(4,21-22(2)34-23(3)30)20-19-24-16-13-12-14-17-24/h12-14,16-17,22,25H,6-11,15,18-21H2,1-5H3,(H,29,32)/t22-,25?,28?/m0/s1. The second-order valence-corrected chi connectivity index (χ2v) is 9.58. The molecule has 198 valence electrons. The molecule has 0 radical (unpaired) electrons. The molecule has 1 rings (SSSR count). The largest absolute Gasteiger partial charge is 0.467 e. The Bertz CT molecular complexity index is 753. The van der Waals surface area contributed by atoms with E-state index in [1.807, 2.05) is 37.3 Å². The van der Waals surface area contributed by atoms with Crippen LogP contribution in [0, 0.1) is 0 Å². The Balaban J connectivity index is 2.74. The van der Waals surface area contributed by atoms with Crippen LogP contribution in [0.3, 0.4) is 0 Å². The minimum Gasteiger partial charge on any atom is -0.467 e. The summed E-state index contributed by atoms with van der Waals surface area (Å²) in [5.74, 6) is -0.861. The van der Waals surface area contributed by atoms with Crippen LogP contribution in [-0.2, 0) is 30.2 Å². The van der Waals surface area contributed by atoms with E-state index in [-0.39, 0.29) is 5.97 Å². The van der Waals surface area contributed by atoms with Gasteiger partial charge in [0.2, 0.25) is 0 Å². The van der Waals surface area contributed by atoms with Crippen molar-refractivity contribution in [2.45, 2.75) is 116 Å². The molecule has 0 aromatic heterocycles. The number of carbonyl (C=O) groups is 3. The summed E-state index contributed by atoms with van der Waals surface area (Å²) in [5.41, 5.74) is 0.226. The maximum Gasteiger partial charge on any atom is 0.408 e. The molecule has 35 heavy (non-hydrogen) atoms. The Hall–Kier alpha value is -2.57. The Labute approximate surface area is 211 Å². The summed E-state index contributed by atoms with van der Waals surface area (Å²) in [4.78, 5) is 36.5. The van der Waals surface area contributed by atoms with Gasteiger partial charge >= 0.3 is 18.0 Å². The third-order valence-electron chi connectivity index (χ3n) is 6.08. The average Bonchev–Trinajstić information content (AvgIpc) is 2.80. The second-order valence-electron chi connectivity index (χ2n) is 9.58. The van der Waals surface area contributed by atoms with Crippen molar-refractivity contribution in [2.24, 2.45) is 0 Å². The van der Waals surface area contributed by atoms with E-state index in [1.54, 1.807) is 6.92 Å². The van der Waals surface area contributed by atoms with Crippen molar-refractivity contribution in [3.63, 3.8) is 0 Å². The lowest BCUT2D eigenvalue weighted by Crippen LogP contribution is -2.46. The van der Waals surface area contributed by atoms with Crippen LogP contribution in [0.15, 0.2) is 30.3 Å². The molecule has 0 aliphatic heterocycles. The van der Waals surface area contributed by atoms with Gasteiger partial charge in [0.25, 0.3) is 0 Å². The number of carbonyl (C=O) groups excluding carboxylic acids is 3. The number of methoxy groups -OCH3 is 1. The van der Waals surface area contributed by atoms with E-state index in [2.05, 4.69) is 12.2 Å². The Morgan fingerprint density at radius 3 is 2.23 bits per heavy atom. The summed E-state index contributed by atoms with van der Waals surface area (Å²) in [6.07, 6.45) is 8.78. The fourth-order valence-corrected chi connectivity index (χ4v) is 4.27. The highest BCUT2D eigenvalue weighted by Crippen LogP contribution is 2.26. The molecule has 0 spiro atoms. The average molecular weight is 492 g/mol. The first kappa shape index (κ1) is 30.5. The van der Waals surface area contributed by atoms with E-state index in [1.165, 1.54) is 39.7 Å². The van der Waals surface area contributed by atoms with Gasteiger partial charge < -0.3 is 19.5 Å². The Kier molecular flexibility index (Phi) is 14.8. The van der Waals surface area contributed by atoms with Gasteiger partial charge in [0.1, 0.15) is 17.7 Å². The summed E-state index contributed by atoms with van der Waals surface area (Å²) < 4.78 is 16.1. The van der Waals surface area contributed by atoms with E-state index in [9.17, 15) is 14.4 Å². The first-order chi connectivity index (χ1) is 16.7. The van der Waals surface area contributed by atoms with Crippen molar-refractivity contribution in [3.8, 4) is 0 Å². The number of esters is 2. The molecule has 0 aliphatic rings.